The van der Waals surface area contributed by atoms with Crippen LogP contribution in [-0.4, -0.2) is 6.54 Å². The molecule has 1 N–H and O–H groups in total. The van der Waals surface area contributed by atoms with Crippen molar-refractivity contribution in [2.24, 2.45) is 0 Å². The summed E-state index contributed by atoms with van der Waals surface area (Å²) in [6.07, 6.45) is 2.46. The predicted molar refractivity (Wildman–Crippen MR) is 54.8 cm³/mol. The third-order valence-corrected chi connectivity index (χ3v) is 2.17. The minimum Gasteiger partial charge on any atom is -0.465 e. The van der Waals surface area contributed by atoms with Gasteiger partial charge in [-0.25, -0.2) is 0 Å². The van der Waals surface area contributed by atoms with Crippen molar-refractivity contribution in [1.82, 2.24) is 5.32 Å². The minimum absolute atomic E-state index is 0.334. The van der Waals surface area contributed by atoms with Crippen LogP contribution < -0.4 is 5.32 Å². The molecule has 0 spiro atoms. The molecule has 0 aliphatic carbocycles. The lowest BCUT2D eigenvalue weighted by Gasteiger charge is -2.10. The van der Waals surface area contributed by atoms with E-state index in [4.69, 9.17) is 4.42 Å². The fraction of sp³-hybridized carbons (Fsp3) is 0.636. The molecule has 1 heterocycles. The van der Waals surface area contributed by atoms with Gasteiger partial charge in [0, 0.05) is 0 Å². The smallest absolute Gasteiger partial charge is 0.120 e. The van der Waals surface area contributed by atoms with E-state index in [-0.39, 0.29) is 0 Å². The van der Waals surface area contributed by atoms with E-state index in [9.17, 15) is 0 Å². The molecular formula is C11H19NO. The van der Waals surface area contributed by atoms with Gasteiger partial charge in [0.05, 0.1) is 6.04 Å². The van der Waals surface area contributed by atoms with Gasteiger partial charge in [0.1, 0.15) is 11.5 Å². The quantitative estimate of drug-likeness (QED) is 0.706. The molecular weight excluding hydrogens is 162 g/mol. The summed E-state index contributed by atoms with van der Waals surface area (Å²) in [7, 11) is 0. The average molecular weight is 181 g/mol. The normalized spacial score (nSPS) is 13.2. The van der Waals surface area contributed by atoms with Crippen LogP contribution in [0.2, 0.25) is 0 Å². The van der Waals surface area contributed by atoms with Gasteiger partial charge in [-0.1, -0.05) is 13.3 Å². The Bertz CT molecular complexity index is 242. The predicted octanol–water partition coefficient (Wildman–Crippen LogP) is 3.04. The summed E-state index contributed by atoms with van der Waals surface area (Å²) in [5.41, 5.74) is 0. The molecule has 1 aromatic rings. The molecule has 0 saturated heterocycles. The molecule has 1 atom stereocenters. The molecule has 0 aliphatic heterocycles. The highest BCUT2D eigenvalue weighted by Crippen LogP contribution is 2.15. The van der Waals surface area contributed by atoms with Crippen molar-refractivity contribution in [3.05, 3.63) is 23.7 Å². The Morgan fingerprint density at radius 1 is 1.46 bits per heavy atom. The SMILES string of the molecule is CCCCNC(C)c1ccc(C)o1. The zero-order chi connectivity index (χ0) is 9.68. The molecule has 0 amide bonds. The number of hydrogen-bond acceptors (Lipinski definition) is 2. The maximum Gasteiger partial charge on any atom is 0.120 e. The van der Waals surface area contributed by atoms with Crippen molar-refractivity contribution in [2.75, 3.05) is 6.54 Å². The second-order valence-corrected chi connectivity index (χ2v) is 3.48. The Morgan fingerprint density at radius 2 is 2.23 bits per heavy atom. The van der Waals surface area contributed by atoms with Crippen molar-refractivity contribution in [3.63, 3.8) is 0 Å². The standard InChI is InChI=1S/C11H19NO/c1-4-5-8-12-10(3)11-7-6-9(2)13-11/h6-7,10,12H,4-5,8H2,1-3H3. The molecule has 0 saturated carbocycles. The molecule has 0 fully saturated rings. The Morgan fingerprint density at radius 3 is 2.77 bits per heavy atom. The molecule has 0 aromatic carbocycles. The first-order valence-electron chi connectivity index (χ1n) is 5.03. The van der Waals surface area contributed by atoms with E-state index < -0.39 is 0 Å². The zero-order valence-electron chi connectivity index (χ0n) is 8.76. The van der Waals surface area contributed by atoms with Crippen LogP contribution in [0.15, 0.2) is 16.5 Å². The Balaban J connectivity index is 2.35. The van der Waals surface area contributed by atoms with Crippen LogP contribution in [0.3, 0.4) is 0 Å². The Hall–Kier alpha value is -0.760. The van der Waals surface area contributed by atoms with Gasteiger partial charge in [0.25, 0.3) is 0 Å². The first kappa shape index (κ1) is 10.3. The molecule has 0 aliphatic rings. The highest BCUT2D eigenvalue weighted by atomic mass is 16.3. The van der Waals surface area contributed by atoms with Gasteiger partial charge in [-0.05, 0) is 38.9 Å². The summed E-state index contributed by atoms with van der Waals surface area (Å²) < 4.78 is 5.51. The largest absolute Gasteiger partial charge is 0.465 e. The Kier molecular flexibility index (Phi) is 4.03. The summed E-state index contributed by atoms with van der Waals surface area (Å²) in [5, 5.41) is 3.42. The van der Waals surface area contributed by atoms with Gasteiger partial charge in [0.2, 0.25) is 0 Å². The number of rotatable bonds is 5. The monoisotopic (exact) mass is 181 g/mol. The van der Waals surface area contributed by atoms with Gasteiger partial charge >= 0.3 is 0 Å². The topological polar surface area (TPSA) is 25.2 Å². The second kappa shape index (κ2) is 5.07. The van der Waals surface area contributed by atoms with Crippen molar-refractivity contribution < 1.29 is 4.42 Å². The van der Waals surface area contributed by atoms with Gasteiger partial charge in [-0.2, -0.15) is 0 Å². The van der Waals surface area contributed by atoms with Gasteiger partial charge < -0.3 is 9.73 Å². The molecule has 2 heteroatoms. The lowest BCUT2D eigenvalue weighted by atomic mass is 10.2. The van der Waals surface area contributed by atoms with E-state index in [1.165, 1.54) is 12.8 Å². The zero-order valence-corrected chi connectivity index (χ0v) is 8.76. The third kappa shape index (κ3) is 3.23. The summed E-state index contributed by atoms with van der Waals surface area (Å²) in [6, 6.07) is 4.38. The van der Waals surface area contributed by atoms with E-state index in [0.717, 1.165) is 18.1 Å². The summed E-state index contributed by atoms with van der Waals surface area (Å²) in [4.78, 5) is 0. The van der Waals surface area contributed by atoms with E-state index >= 15 is 0 Å². The van der Waals surface area contributed by atoms with Crippen LogP contribution in [0.5, 0.6) is 0 Å². The van der Waals surface area contributed by atoms with Gasteiger partial charge in [-0.3, -0.25) is 0 Å². The van der Waals surface area contributed by atoms with Crippen LogP contribution >= 0.6 is 0 Å². The van der Waals surface area contributed by atoms with E-state index in [1.54, 1.807) is 0 Å². The molecule has 2 nitrogen and oxygen atoms in total. The summed E-state index contributed by atoms with van der Waals surface area (Å²) in [6.45, 7) is 7.37. The van der Waals surface area contributed by atoms with E-state index in [2.05, 4.69) is 19.2 Å². The second-order valence-electron chi connectivity index (χ2n) is 3.48. The van der Waals surface area contributed by atoms with Crippen molar-refractivity contribution in [1.29, 1.82) is 0 Å². The molecule has 0 radical (unpaired) electrons. The van der Waals surface area contributed by atoms with Crippen LogP contribution in [-0.2, 0) is 0 Å². The van der Waals surface area contributed by atoms with E-state index in [1.807, 2.05) is 19.1 Å². The van der Waals surface area contributed by atoms with Crippen molar-refractivity contribution >= 4 is 0 Å². The maximum atomic E-state index is 5.51. The molecule has 0 bridgehead atoms. The molecule has 1 unspecified atom stereocenters. The molecule has 1 aromatic heterocycles. The molecule has 1 rings (SSSR count). The number of unbranched alkanes of at least 4 members (excludes halogenated alkanes) is 1. The van der Waals surface area contributed by atoms with Crippen molar-refractivity contribution in [2.45, 2.75) is 39.7 Å². The highest BCUT2D eigenvalue weighted by molar-refractivity contribution is 5.08. The fourth-order valence-electron chi connectivity index (χ4n) is 1.28. The maximum absolute atomic E-state index is 5.51. The van der Waals surface area contributed by atoms with Crippen LogP contribution in [0, 0.1) is 6.92 Å². The van der Waals surface area contributed by atoms with Crippen LogP contribution in [0.4, 0.5) is 0 Å². The average Bonchev–Trinajstić information content (AvgIpc) is 2.52. The van der Waals surface area contributed by atoms with Crippen LogP contribution in [0.25, 0.3) is 0 Å². The lowest BCUT2D eigenvalue weighted by molar-refractivity contribution is 0.414. The molecule has 74 valence electrons. The number of nitrogens with one attached hydrogen (secondary N) is 1. The first-order chi connectivity index (χ1) is 6.24. The summed E-state index contributed by atoms with van der Waals surface area (Å²) >= 11 is 0. The first-order valence-corrected chi connectivity index (χ1v) is 5.03. The Labute approximate surface area is 80.3 Å². The summed E-state index contributed by atoms with van der Waals surface area (Å²) in [5.74, 6) is 2.02. The minimum atomic E-state index is 0.334. The third-order valence-electron chi connectivity index (χ3n) is 2.17. The number of aryl methyl sites for hydroxylation is 1. The lowest BCUT2D eigenvalue weighted by Crippen LogP contribution is -2.19. The van der Waals surface area contributed by atoms with Crippen LogP contribution in [0.1, 0.15) is 44.3 Å². The van der Waals surface area contributed by atoms with E-state index in [0.29, 0.717) is 6.04 Å². The fourth-order valence-corrected chi connectivity index (χ4v) is 1.28. The van der Waals surface area contributed by atoms with Gasteiger partial charge in [-0.15, -0.1) is 0 Å². The van der Waals surface area contributed by atoms with Crippen molar-refractivity contribution in [3.8, 4) is 0 Å². The molecule has 13 heavy (non-hydrogen) atoms. The highest BCUT2D eigenvalue weighted by Gasteiger charge is 2.07. The number of hydrogen-bond donors (Lipinski definition) is 1. The van der Waals surface area contributed by atoms with Gasteiger partial charge in [0.15, 0.2) is 0 Å². The number of furan rings is 1.